The third-order valence-corrected chi connectivity index (χ3v) is 3.83. The highest BCUT2D eigenvalue weighted by Crippen LogP contribution is 2.25. The van der Waals surface area contributed by atoms with Crippen LogP contribution in [-0.4, -0.2) is 24.8 Å². The predicted octanol–water partition coefficient (Wildman–Crippen LogP) is 3.69. The molecule has 0 aliphatic carbocycles. The first kappa shape index (κ1) is 17.1. The summed E-state index contributed by atoms with van der Waals surface area (Å²) in [5, 5.41) is 3.30. The molecule has 0 fully saturated rings. The smallest absolute Gasteiger partial charge is 0.129 e. The van der Waals surface area contributed by atoms with Gasteiger partial charge >= 0.3 is 0 Å². The standard InChI is InChI=1S/C16H25F2NO/c1-5-16(4,20-7-3)15(19-6-2)11-12-13(17)9-8-10-14(12)18/h8-10,15,19H,5-7,11H2,1-4H3. The maximum absolute atomic E-state index is 13.8. The molecule has 0 amide bonds. The van der Waals surface area contributed by atoms with Crippen LogP contribution >= 0.6 is 0 Å². The first-order chi connectivity index (χ1) is 9.48. The monoisotopic (exact) mass is 285 g/mol. The summed E-state index contributed by atoms with van der Waals surface area (Å²) in [4.78, 5) is 0. The van der Waals surface area contributed by atoms with Crippen LogP contribution in [0.2, 0.25) is 0 Å². The van der Waals surface area contributed by atoms with Crippen LogP contribution in [0.3, 0.4) is 0 Å². The fraction of sp³-hybridized carbons (Fsp3) is 0.625. The highest BCUT2D eigenvalue weighted by Gasteiger charge is 2.33. The summed E-state index contributed by atoms with van der Waals surface area (Å²) in [6.45, 7) is 9.23. The lowest BCUT2D eigenvalue weighted by molar-refractivity contribution is -0.0549. The van der Waals surface area contributed by atoms with Crippen molar-refractivity contribution in [3.05, 3.63) is 35.4 Å². The molecule has 0 saturated heterocycles. The molecule has 0 spiro atoms. The Morgan fingerprint density at radius 3 is 2.25 bits per heavy atom. The van der Waals surface area contributed by atoms with Crippen molar-refractivity contribution in [1.29, 1.82) is 0 Å². The van der Waals surface area contributed by atoms with Crippen molar-refractivity contribution in [2.45, 2.75) is 52.2 Å². The van der Waals surface area contributed by atoms with Crippen molar-refractivity contribution < 1.29 is 13.5 Å². The lowest BCUT2D eigenvalue weighted by atomic mass is 9.87. The molecule has 1 rings (SSSR count). The average Bonchev–Trinajstić information content (AvgIpc) is 2.42. The Balaban J connectivity index is 3.02. The maximum Gasteiger partial charge on any atom is 0.129 e. The first-order valence-corrected chi connectivity index (χ1v) is 7.28. The lowest BCUT2D eigenvalue weighted by Gasteiger charge is -2.37. The number of halogens is 2. The van der Waals surface area contributed by atoms with Gasteiger partial charge in [-0.15, -0.1) is 0 Å². The van der Waals surface area contributed by atoms with E-state index >= 15 is 0 Å². The number of nitrogens with one attached hydrogen (secondary N) is 1. The molecular formula is C16H25F2NO. The van der Waals surface area contributed by atoms with E-state index in [0.29, 0.717) is 6.61 Å². The Bertz CT molecular complexity index is 405. The largest absolute Gasteiger partial charge is 0.374 e. The van der Waals surface area contributed by atoms with Crippen LogP contribution in [0, 0.1) is 11.6 Å². The molecule has 4 heteroatoms. The Hall–Kier alpha value is -1.00. The quantitative estimate of drug-likeness (QED) is 0.786. The first-order valence-electron chi connectivity index (χ1n) is 7.28. The van der Waals surface area contributed by atoms with Crippen molar-refractivity contribution in [3.63, 3.8) is 0 Å². The minimum absolute atomic E-state index is 0.123. The average molecular weight is 285 g/mol. The van der Waals surface area contributed by atoms with E-state index in [1.165, 1.54) is 18.2 Å². The van der Waals surface area contributed by atoms with Gasteiger partial charge in [0.1, 0.15) is 11.6 Å². The normalized spacial score (nSPS) is 15.9. The summed E-state index contributed by atoms with van der Waals surface area (Å²) in [6.07, 6.45) is 1.05. The van der Waals surface area contributed by atoms with Crippen molar-refractivity contribution in [1.82, 2.24) is 5.32 Å². The van der Waals surface area contributed by atoms with Gasteiger partial charge in [0, 0.05) is 18.2 Å². The van der Waals surface area contributed by atoms with E-state index in [-0.39, 0.29) is 18.0 Å². The second-order valence-electron chi connectivity index (χ2n) is 5.11. The molecule has 0 aromatic heterocycles. The zero-order chi connectivity index (χ0) is 15.2. The maximum atomic E-state index is 13.8. The molecule has 0 heterocycles. The number of rotatable bonds is 8. The number of hydrogen-bond acceptors (Lipinski definition) is 2. The summed E-state index contributed by atoms with van der Waals surface area (Å²) in [6, 6.07) is 3.85. The van der Waals surface area contributed by atoms with Crippen LogP contribution in [0.25, 0.3) is 0 Å². The zero-order valence-corrected chi connectivity index (χ0v) is 12.8. The molecule has 0 radical (unpaired) electrons. The summed E-state index contributed by atoms with van der Waals surface area (Å²) in [5.74, 6) is -0.995. The zero-order valence-electron chi connectivity index (χ0n) is 12.8. The van der Waals surface area contributed by atoms with Gasteiger partial charge in [-0.1, -0.05) is 19.9 Å². The molecule has 114 valence electrons. The van der Waals surface area contributed by atoms with Crippen molar-refractivity contribution in [3.8, 4) is 0 Å². The molecule has 1 N–H and O–H groups in total. The summed E-state index contributed by atoms with van der Waals surface area (Å²) in [5.41, 5.74) is -0.322. The summed E-state index contributed by atoms with van der Waals surface area (Å²) < 4.78 is 33.5. The van der Waals surface area contributed by atoms with Crippen LogP contribution in [-0.2, 0) is 11.2 Å². The highest BCUT2D eigenvalue weighted by molar-refractivity contribution is 5.21. The van der Waals surface area contributed by atoms with Crippen molar-refractivity contribution in [2.75, 3.05) is 13.2 Å². The third kappa shape index (κ3) is 4.00. The Labute approximate surface area is 120 Å². The topological polar surface area (TPSA) is 21.3 Å². The Morgan fingerprint density at radius 2 is 1.80 bits per heavy atom. The van der Waals surface area contributed by atoms with Gasteiger partial charge in [0.05, 0.1) is 5.60 Å². The van der Waals surface area contributed by atoms with Gasteiger partial charge in [-0.2, -0.15) is 0 Å². The Morgan fingerprint density at radius 1 is 1.20 bits per heavy atom. The molecule has 2 nitrogen and oxygen atoms in total. The van der Waals surface area contributed by atoms with E-state index < -0.39 is 17.2 Å². The van der Waals surface area contributed by atoms with E-state index in [2.05, 4.69) is 5.32 Å². The summed E-state index contributed by atoms with van der Waals surface area (Å²) in [7, 11) is 0. The van der Waals surface area contributed by atoms with Gasteiger partial charge < -0.3 is 10.1 Å². The van der Waals surface area contributed by atoms with Crippen LogP contribution in [0.1, 0.15) is 39.7 Å². The number of benzene rings is 1. The van der Waals surface area contributed by atoms with Crippen LogP contribution in [0.5, 0.6) is 0 Å². The molecule has 1 aromatic rings. The number of likely N-dealkylation sites (N-methyl/N-ethyl adjacent to an activating group) is 1. The lowest BCUT2D eigenvalue weighted by Crippen LogP contribution is -2.51. The molecule has 2 atom stereocenters. The van der Waals surface area contributed by atoms with E-state index in [0.717, 1.165) is 13.0 Å². The van der Waals surface area contributed by atoms with Crippen LogP contribution in [0.4, 0.5) is 8.78 Å². The fourth-order valence-corrected chi connectivity index (χ4v) is 2.46. The summed E-state index contributed by atoms with van der Waals surface area (Å²) >= 11 is 0. The van der Waals surface area contributed by atoms with E-state index in [1.54, 1.807) is 0 Å². The van der Waals surface area contributed by atoms with E-state index in [4.69, 9.17) is 4.74 Å². The molecule has 0 bridgehead atoms. The highest BCUT2D eigenvalue weighted by atomic mass is 19.1. The van der Waals surface area contributed by atoms with Crippen LogP contribution < -0.4 is 5.32 Å². The minimum atomic E-state index is -0.497. The number of hydrogen-bond donors (Lipinski definition) is 1. The van der Waals surface area contributed by atoms with Gasteiger partial charge in [0.25, 0.3) is 0 Å². The van der Waals surface area contributed by atoms with Crippen LogP contribution in [0.15, 0.2) is 18.2 Å². The molecule has 20 heavy (non-hydrogen) atoms. The molecule has 0 aliphatic heterocycles. The van der Waals surface area contributed by atoms with Gasteiger partial charge in [-0.05, 0) is 45.4 Å². The SMILES string of the molecule is CCNC(Cc1c(F)cccc1F)C(C)(CC)OCC. The van der Waals surface area contributed by atoms with Crippen molar-refractivity contribution >= 4 is 0 Å². The second-order valence-corrected chi connectivity index (χ2v) is 5.11. The number of ether oxygens (including phenoxy) is 1. The molecular weight excluding hydrogens is 260 g/mol. The van der Waals surface area contributed by atoms with Gasteiger partial charge in [-0.25, -0.2) is 8.78 Å². The second kappa shape index (κ2) is 7.70. The molecule has 0 saturated carbocycles. The van der Waals surface area contributed by atoms with E-state index in [1.807, 2.05) is 27.7 Å². The molecule has 1 aromatic carbocycles. The fourth-order valence-electron chi connectivity index (χ4n) is 2.46. The molecule has 0 aliphatic rings. The van der Waals surface area contributed by atoms with Gasteiger partial charge in [0.15, 0.2) is 0 Å². The predicted molar refractivity (Wildman–Crippen MR) is 77.8 cm³/mol. The Kier molecular flexibility index (Phi) is 6.56. The molecule has 2 unspecified atom stereocenters. The van der Waals surface area contributed by atoms with Gasteiger partial charge in [0.2, 0.25) is 0 Å². The van der Waals surface area contributed by atoms with Crippen molar-refractivity contribution in [2.24, 2.45) is 0 Å². The van der Waals surface area contributed by atoms with Gasteiger partial charge in [-0.3, -0.25) is 0 Å². The third-order valence-electron chi connectivity index (χ3n) is 3.83. The van der Waals surface area contributed by atoms with E-state index in [9.17, 15) is 8.78 Å². The minimum Gasteiger partial charge on any atom is -0.374 e.